The maximum atomic E-state index is 5.67. The molecule has 0 spiro atoms. The van der Waals surface area contributed by atoms with Crippen molar-refractivity contribution in [2.45, 2.75) is 6.54 Å². The van der Waals surface area contributed by atoms with Crippen molar-refractivity contribution in [2.75, 3.05) is 19.5 Å². The van der Waals surface area contributed by atoms with Gasteiger partial charge in [-0.1, -0.05) is 12.1 Å². The second kappa shape index (κ2) is 8.01. The third kappa shape index (κ3) is 4.60. The highest BCUT2D eigenvalue weighted by Gasteiger charge is 2.03. The van der Waals surface area contributed by atoms with Crippen LogP contribution in [0.1, 0.15) is 5.56 Å². The summed E-state index contributed by atoms with van der Waals surface area (Å²) in [6.07, 6.45) is 1.65. The topological polar surface area (TPSA) is 65.5 Å². The van der Waals surface area contributed by atoms with Crippen LogP contribution in [0.2, 0.25) is 0 Å². The van der Waals surface area contributed by atoms with Crippen LogP contribution in [0.3, 0.4) is 0 Å². The Morgan fingerprint density at radius 1 is 0.800 bits per heavy atom. The molecule has 0 aliphatic carbocycles. The Hall–Kier alpha value is -3.28. The predicted molar refractivity (Wildman–Crippen MR) is 95.4 cm³/mol. The lowest BCUT2D eigenvalue weighted by molar-refractivity contribution is 0.410. The summed E-state index contributed by atoms with van der Waals surface area (Å²) in [5.41, 5.74) is 1.12. The number of nitrogens with one attached hydrogen (secondary N) is 1. The minimum absolute atomic E-state index is 0.282. The molecule has 3 aromatic rings. The normalized spacial score (nSPS) is 10.2. The molecule has 1 N–H and O–H groups in total. The molecule has 6 nitrogen and oxygen atoms in total. The van der Waals surface area contributed by atoms with Gasteiger partial charge in [0.2, 0.25) is 0 Å². The molecule has 25 heavy (non-hydrogen) atoms. The minimum atomic E-state index is 0.282. The highest BCUT2D eigenvalue weighted by Crippen LogP contribution is 2.22. The van der Waals surface area contributed by atoms with Crippen molar-refractivity contribution in [3.8, 4) is 23.3 Å². The van der Waals surface area contributed by atoms with Crippen molar-refractivity contribution >= 4 is 5.82 Å². The van der Waals surface area contributed by atoms with Crippen LogP contribution in [-0.4, -0.2) is 24.2 Å². The van der Waals surface area contributed by atoms with Crippen molar-refractivity contribution < 1.29 is 14.2 Å². The average Bonchev–Trinajstić information content (AvgIpc) is 2.68. The zero-order valence-corrected chi connectivity index (χ0v) is 14.1. The SMILES string of the molecule is COc1ccc(CNc2ccnc(Oc3ccc(OC)cc3)n2)cc1. The standard InChI is InChI=1S/C19H19N3O3/c1-23-15-5-3-14(4-6-15)13-21-18-11-12-20-19(22-18)25-17-9-7-16(24-2)8-10-17/h3-12H,13H2,1-2H3,(H,20,21,22). The Kier molecular flexibility index (Phi) is 5.31. The fourth-order valence-electron chi connectivity index (χ4n) is 2.17. The Morgan fingerprint density at radius 3 is 2.04 bits per heavy atom. The molecule has 0 saturated carbocycles. The van der Waals surface area contributed by atoms with Crippen LogP contribution >= 0.6 is 0 Å². The van der Waals surface area contributed by atoms with Crippen molar-refractivity contribution in [1.29, 1.82) is 0 Å². The Labute approximate surface area is 146 Å². The van der Waals surface area contributed by atoms with E-state index in [2.05, 4.69) is 15.3 Å². The van der Waals surface area contributed by atoms with Gasteiger partial charge in [0.05, 0.1) is 14.2 Å². The molecule has 0 radical (unpaired) electrons. The van der Waals surface area contributed by atoms with Crippen LogP contribution in [0.5, 0.6) is 23.3 Å². The Bertz CT molecular complexity index is 805. The second-order valence-corrected chi connectivity index (χ2v) is 5.20. The van der Waals surface area contributed by atoms with Gasteiger partial charge in [0.1, 0.15) is 23.1 Å². The molecule has 2 aromatic carbocycles. The van der Waals surface area contributed by atoms with Crippen LogP contribution in [0.4, 0.5) is 5.82 Å². The van der Waals surface area contributed by atoms with Crippen molar-refractivity contribution in [3.63, 3.8) is 0 Å². The molecule has 0 bridgehead atoms. The van der Waals surface area contributed by atoms with E-state index in [4.69, 9.17) is 14.2 Å². The van der Waals surface area contributed by atoms with Crippen molar-refractivity contribution in [2.24, 2.45) is 0 Å². The summed E-state index contributed by atoms with van der Waals surface area (Å²) < 4.78 is 15.9. The van der Waals surface area contributed by atoms with E-state index < -0.39 is 0 Å². The van der Waals surface area contributed by atoms with Gasteiger partial charge < -0.3 is 19.5 Å². The lowest BCUT2D eigenvalue weighted by Crippen LogP contribution is -2.02. The van der Waals surface area contributed by atoms with Gasteiger partial charge >= 0.3 is 6.01 Å². The number of hydrogen-bond donors (Lipinski definition) is 1. The molecule has 0 unspecified atom stereocenters. The number of benzene rings is 2. The van der Waals surface area contributed by atoms with E-state index >= 15 is 0 Å². The maximum absolute atomic E-state index is 5.67. The van der Waals surface area contributed by atoms with E-state index in [9.17, 15) is 0 Å². The largest absolute Gasteiger partial charge is 0.497 e. The lowest BCUT2D eigenvalue weighted by Gasteiger charge is -2.08. The summed E-state index contributed by atoms with van der Waals surface area (Å²) in [6.45, 7) is 0.642. The van der Waals surface area contributed by atoms with Crippen LogP contribution < -0.4 is 19.5 Å². The lowest BCUT2D eigenvalue weighted by atomic mass is 10.2. The van der Waals surface area contributed by atoms with Crippen molar-refractivity contribution in [3.05, 3.63) is 66.4 Å². The van der Waals surface area contributed by atoms with E-state index in [1.807, 2.05) is 36.4 Å². The smallest absolute Gasteiger partial charge is 0.323 e. The average molecular weight is 337 g/mol. The first kappa shape index (κ1) is 16.6. The summed E-state index contributed by atoms with van der Waals surface area (Å²) in [6, 6.07) is 17.2. The van der Waals surface area contributed by atoms with E-state index in [0.717, 1.165) is 17.1 Å². The first-order chi connectivity index (χ1) is 12.3. The molecule has 3 rings (SSSR count). The van der Waals surface area contributed by atoms with Gasteiger partial charge in [0.15, 0.2) is 0 Å². The summed E-state index contributed by atoms with van der Waals surface area (Å²) in [5.74, 6) is 2.94. The summed E-state index contributed by atoms with van der Waals surface area (Å²) in [5, 5.41) is 3.25. The summed E-state index contributed by atoms with van der Waals surface area (Å²) in [4.78, 5) is 8.49. The quantitative estimate of drug-likeness (QED) is 0.705. The molecule has 0 atom stereocenters. The predicted octanol–water partition coefficient (Wildman–Crippen LogP) is 3.90. The molecule has 0 aliphatic rings. The van der Waals surface area contributed by atoms with E-state index in [1.54, 1.807) is 38.6 Å². The number of anilines is 1. The Balaban J connectivity index is 1.62. The third-order valence-electron chi connectivity index (χ3n) is 3.53. The van der Waals surface area contributed by atoms with Crippen LogP contribution in [0.25, 0.3) is 0 Å². The van der Waals surface area contributed by atoms with Gasteiger partial charge in [-0.25, -0.2) is 4.98 Å². The zero-order chi connectivity index (χ0) is 17.5. The molecular weight excluding hydrogens is 318 g/mol. The number of aromatic nitrogens is 2. The van der Waals surface area contributed by atoms with E-state index in [1.165, 1.54) is 0 Å². The first-order valence-corrected chi connectivity index (χ1v) is 7.78. The number of ether oxygens (including phenoxy) is 3. The maximum Gasteiger partial charge on any atom is 0.323 e. The number of methoxy groups -OCH3 is 2. The second-order valence-electron chi connectivity index (χ2n) is 5.20. The van der Waals surface area contributed by atoms with Gasteiger partial charge in [-0.3, -0.25) is 0 Å². The third-order valence-corrected chi connectivity index (χ3v) is 3.53. The van der Waals surface area contributed by atoms with Crippen LogP contribution in [-0.2, 0) is 6.54 Å². The molecule has 128 valence electrons. The number of rotatable bonds is 7. The number of hydrogen-bond acceptors (Lipinski definition) is 6. The van der Waals surface area contributed by atoms with Gasteiger partial charge in [-0.2, -0.15) is 4.98 Å². The van der Waals surface area contributed by atoms with Gasteiger partial charge in [-0.05, 0) is 48.0 Å². The highest BCUT2D eigenvalue weighted by atomic mass is 16.5. The molecular formula is C19H19N3O3. The van der Waals surface area contributed by atoms with Gasteiger partial charge in [0.25, 0.3) is 0 Å². The Morgan fingerprint density at radius 2 is 1.40 bits per heavy atom. The highest BCUT2D eigenvalue weighted by molar-refractivity contribution is 5.38. The molecule has 0 saturated heterocycles. The molecule has 0 amide bonds. The minimum Gasteiger partial charge on any atom is -0.497 e. The van der Waals surface area contributed by atoms with E-state index in [-0.39, 0.29) is 6.01 Å². The molecule has 1 aromatic heterocycles. The summed E-state index contributed by atoms with van der Waals surface area (Å²) >= 11 is 0. The number of nitrogens with zero attached hydrogens (tertiary/aromatic N) is 2. The molecule has 0 aliphatic heterocycles. The van der Waals surface area contributed by atoms with Crippen LogP contribution in [0.15, 0.2) is 60.8 Å². The molecule has 6 heteroatoms. The zero-order valence-electron chi connectivity index (χ0n) is 14.1. The monoisotopic (exact) mass is 337 g/mol. The fraction of sp³-hybridized carbons (Fsp3) is 0.158. The van der Waals surface area contributed by atoms with Gasteiger partial charge in [-0.15, -0.1) is 0 Å². The molecule has 1 heterocycles. The van der Waals surface area contributed by atoms with Crippen molar-refractivity contribution in [1.82, 2.24) is 9.97 Å². The van der Waals surface area contributed by atoms with E-state index in [0.29, 0.717) is 18.1 Å². The molecule has 0 fully saturated rings. The first-order valence-electron chi connectivity index (χ1n) is 7.78. The van der Waals surface area contributed by atoms with Crippen LogP contribution in [0, 0.1) is 0 Å². The van der Waals surface area contributed by atoms with Gasteiger partial charge in [0, 0.05) is 12.7 Å². The fourth-order valence-corrected chi connectivity index (χ4v) is 2.17. The summed E-state index contributed by atoms with van der Waals surface area (Å²) in [7, 11) is 3.27.